The maximum Gasteiger partial charge on any atom is 0.0723 e. The molecule has 1 heterocycles. The molecule has 0 amide bonds. The van der Waals surface area contributed by atoms with Gasteiger partial charge in [-0.1, -0.05) is 109 Å². The predicted molar refractivity (Wildman–Crippen MR) is 265 cm³/mol. The fraction of sp³-hybridized carbons (Fsp3) is 0.0172. The Balaban J connectivity index is 1.00. The monoisotopic (exact) mass is 811 g/mol. The van der Waals surface area contributed by atoms with Crippen molar-refractivity contribution in [1.82, 2.24) is 4.98 Å². The van der Waals surface area contributed by atoms with Crippen LogP contribution in [0.15, 0.2) is 255 Å². The molecule has 10 rings (SSSR count). The molecule has 1 aromatic heterocycles. The maximum absolute atomic E-state index is 4.66. The minimum Gasteiger partial charge on any atom is -0.311 e. The second-order valence-corrected chi connectivity index (χ2v) is 15.4. The van der Waals surface area contributed by atoms with Crippen LogP contribution >= 0.6 is 0 Å². The first-order valence-electron chi connectivity index (χ1n) is 21.3. The van der Waals surface area contributed by atoms with Crippen molar-refractivity contribution in [2.75, 3.05) is 19.6 Å². The first kappa shape index (κ1) is 38.8. The van der Waals surface area contributed by atoms with Gasteiger partial charge in [-0.2, -0.15) is 0 Å². The van der Waals surface area contributed by atoms with E-state index in [1.807, 2.05) is 12.3 Å². The number of nitrogens with zero attached hydrogens (tertiary/aromatic N) is 5. The van der Waals surface area contributed by atoms with Crippen molar-refractivity contribution in [3.8, 4) is 0 Å². The van der Waals surface area contributed by atoms with Crippen molar-refractivity contribution >= 4 is 79.2 Å². The van der Waals surface area contributed by atoms with Gasteiger partial charge in [-0.15, -0.1) is 0 Å². The molecule has 63 heavy (non-hydrogen) atoms. The van der Waals surface area contributed by atoms with E-state index in [9.17, 15) is 0 Å². The summed E-state index contributed by atoms with van der Waals surface area (Å²) in [4.78, 5) is 13.9. The Hall–Kier alpha value is -8.41. The SMILES string of the molecule is Cc1ccc(N(c2ccccc2)c2ccc(N(c3ccccc3)c3ccc(N(c4ccccc4)c4ccc(N(c5ccccc5)c5ccnc6ccccc56)cc4)cc3)cc2)cc1. The molecule has 0 unspecified atom stereocenters. The van der Waals surface area contributed by atoms with Gasteiger partial charge in [0.2, 0.25) is 0 Å². The van der Waals surface area contributed by atoms with Crippen LogP contribution in [0.5, 0.6) is 0 Å². The Bertz CT molecular complexity index is 3030. The molecule has 0 bridgehead atoms. The number of rotatable bonds is 12. The average molecular weight is 812 g/mol. The summed E-state index contributed by atoms with van der Waals surface area (Å²) in [7, 11) is 0. The molecule has 0 N–H and O–H groups in total. The highest BCUT2D eigenvalue weighted by Gasteiger charge is 2.20. The van der Waals surface area contributed by atoms with E-state index in [1.54, 1.807) is 0 Å². The first-order valence-corrected chi connectivity index (χ1v) is 21.3. The first-order chi connectivity index (χ1) is 31.2. The smallest absolute Gasteiger partial charge is 0.0723 e. The van der Waals surface area contributed by atoms with Crippen LogP contribution in [0, 0.1) is 6.92 Å². The van der Waals surface area contributed by atoms with Crippen molar-refractivity contribution in [3.05, 3.63) is 260 Å². The van der Waals surface area contributed by atoms with Gasteiger partial charge in [-0.25, -0.2) is 0 Å². The Morgan fingerprint density at radius 3 is 0.889 bits per heavy atom. The number of aromatic nitrogens is 1. The zero-order valence-corrected chi connectivity index (χ0v) is 35.0. The summed E-state index contributed by atoms with van der Waals surface area (Å²) >= 11 is 0. The van der Waals surface area contributed by atoms with Crippen LogP contribution in [0.4, 0.5) is 68.2 Å². The molecule has 9 aromatic carbocycles. The molecule has 0 atom stereocenters. The molecule has 302 valence electrons. The van der Waals surface area contributed by atoms with Crippen LogP contribution in [-0.4, -0.2) is 4.98 Å². The van der Waals surface area contributed by atoms with Crippen molar-refractivity contribution in [2.45, 2.75) is 6.92 Å². The van der Waals surface area contributed by atoms with Gasteiger partial charge in [-0.3, -0.25) is 4.98 Å². The van der Waals surface area contributed by atoms with E-state index < -0.39 is 0 Å². The van der Waals surface area contributed by atoms with Crippen LogP contribution in [0.25, 0.3) is 10.9 Å². The highest BCUT2D eigenvalue weighted by atomic mass is 15.2. The van der Waals surface area contributed by atoms with Gasteiger partial charge in [0.05, 0.1) is 11.2 Å². The highest BCUT2D eigenvalue weighted by Crippen LogP contribution is 2.43. The number of para-hydroxylation sites is 5. The van der Waals surface area contributed by atoms with Gasteiger partial charge >= 0.3 is 0 Å². The number of hydrogen-bond donors (Lipinski definition) is 0. The summed E-state index contributed by atoms with van der Waals surface area (Å²) in [6.45, 7) is 2.12. The molecule has 0 radical (unpaired) electrons. The molecule has 0 aliphatic carbocycles. The normalized spacial score (nSPS) is 10.9. The second-order valence-electron chi connectivity index (χ2n) is 15.4. The van der Waals surface area contributed by atoms with Gasteiger partial charge in [-0.05, 0) is 153 Å². The molecule has 0 aliphatic heterocycles. The lowest BCUT2D eigenvalue weighted by Gasteiger charge is -2.30. The average Bonchev–Trinajstić information content (AvgIpc) is 3.35. The molecule has 0 fully saturated rings. The molecule has 0 spiro atoms. The third kappa shape index (κ3) is 8.11. The van der Waals surface area contributed by atoms with Crippen LogP contribution in [0.3, 0.4) is 0 Å². The number of benzene rings is 9. The lowest BCUT2D eigenvalue weighted by atomic mass is 10.1. The third-order valence-corrected chi connectivity index (χ3v) is 11.3. The van der Waals surface area contributed by atoms with Gasteiger partial charge in [0, 0.05) is 74.1 Å². The molecule has 5 heteroatoms. The molecular formula is C58H45N5. The Morgan fingerprint density at radius 1 is 0.254 bits per heavy atom. The Morgan fingerprint density at radius 2 is 0.524 bits per heavy atom. The summed E-state index contributed by atoms with van der Waals surface area (Å²) in [5.41, 5.74) is 15.1. The summed E-state index contributed by atoms with van der Waals surface area (Å²) < 4.78 is 0. The highest BCUT2D eigenvalue weighted by molar-refractivity contribution is 5.97. The van der Waals surface area contributed by atoms with Gasteiger partial charge in [0.15, 0.2) is 0 Å². The molecule has 0 aliphatic rings. The maximum atomic E-state index is 4.66. The molecule has 0 saturated carbocycles. The third-order valence-electron chi connectivity index (χ3n) is 11.3. The fourth-order valence-electron chi connectivity index (χ4n) is 8.30. The summed E-state index contributed by atoms with van der Waals surface area (Å²) in [6, 6.07) is 87.9. The number of hydrogen-bond acceptors (Lipinski definition) is 5. The van der Waals surface area contributed by atoms with E-state index in [1.165, 1.54) is 5.56 Å². The Kier molecular flexibility index (Phi) is 10.9. The van der Waals surface area contributed by atoms with Crippen molar-refractivity contribution in [1.29, 1.82) is 0 Å². The van der Waals surface area contributed by atoms with Crippen molar-refractivity contribution < 1.29 is 0 Å². The fourth-order valence-corrected chi connectivity index (χ4v) is 8.30. The van der Waals surface area contributed by atoms with E-state index in [-0.39, 0.29) is 0 Å². The summed E-state index contributed by atoms with van der Waals surface area (Å²) in [6.07, 6.45) is 1.89. The molecule has 5 nitrogen and oxygen atoms in total. The minimum absolute atomic E-state index is 0.960. The molecular weight excluding hydrogens is 767 g/mol. The number of anilines is 12. The van der Waals surface area contributed by atoms with E-state index in [2.05, 4.69) is 274 Å². The standard InChI is InChI=1S/C58H45N5/c1-44-26-28-49(29-27-44)60(45-16-6-2-7-17-45)50-30-32-51(33-31-50)61(46-18-8-3-9-19-46)52-34-36-53(37-35-52)62(47-20-10-4-11-21-47)54-38-40-55(41-39-54)63(48-22-12-5-13-23-48)58-42-43-59-57-25-15-14-24-56(57)58/h2-43H,1H3. The Labute approximate surface area is 369 Å². The van der Waals surface area contributed by atoms with E-state index >= 15 is 0 Å². The number of pyridine rings is 1. The van der Waals surface area contributed by atoms with Gasteiger partial charge in [0.1, 0.15) is 0 Å². The lowest BCUT2D eigenvalue weighted by Crippen LogP contribution is -2.13. The quantitative estimate of drug-likeness (QED) is 0.122. The predicted octanol–water partition coefficient (Wildman–Crippen LogP) is 16.4. The minimum atomic E-state index is 0.960. The van der Waals surface area contributed by atoms with E-state index in [4.69, 9.17) is 0 Å². The van der Waals surface area contributed by atoms with Crippen LogP contribution < -0.4 is 19.6 Å². The zero-order chi connectivity index (χ0) is 42.4. The molecule has 10 aromatic rings. The van der Waals surface area contributed by atoms with Crippen molar-refractivity contribution in [2.24, 2.45) is 0 Å². The summed E-state index contributed by atoms with van der Waals surface area (Å²) in [5, 5.41) is 1.09. The van der Waals surface area contributed by atoms with Gasteiger partial charge < -0.3 is 19.6 Å². The molecule has 0 saturated heterocycles. The lowest BCUT2D eigenvalue weighted by molar-refractivity contribution is 1.24. The topological polar surface area (TPSA) is 25.9 Å². The zero-order valence-electron chi connectivity index (χ0n) is 35.0. The van der Waals surface area contributed by atoms with Crippen LogP contribution in [0.2, 0.25) is 0 Å². The largest absolute Gasteiger partial charge is 0.311 e. The second kappa shape index (κ2) is 17.7. The number of fused-ring (bicyclic) bond motifs is 1. The van der Waals surface area contributed by atoms with E-state index in [0.717, 1.165) is 79.2 Å². The van der Waals surface area contributed by atoms with E-state index in [0.29, 0.717) is 0 Å². The van der Waals surface area contributed by atoms with Gasteiger partial charge in [0.25, 0.3) is 0 Å². The number of aryl methyl sites for hydroxylation is 1. The van der Waals surface area contributed by atoms with Crippen LogP contribution in [0.1, 0.15) is 5.56 Å². The van der Waals surface area contributed by atoms with Crippen LogP contribution in [-0.2, 0) is 0 Å². The van der Waals surface area contributed by atoms with Crippen molar-refractivity contribution in [3.63, 3.8) is 0 Å². The summed E-state index contributed by atoms with van der Waals surface area (Å²) in [5.74, 6) is 0.